The Morgan fingerprint density at radius 3 is 2.65 bits per heavy atom. The molecule has 3 rings (SSSR count). The van der Waals surface area contributed by atoms with Gasteiger partial charge in [0.05, 0.1) is 0 Å². The van der Waals surface area contributed by atoms with Crippen molar-refractivity contribution in [3.63, 3.8) is 0 Å². The van der Waals surface area contributed by atoms with Gasteiger partial charge in [0.25, 0.3) is 5.91 Å². The lowest BCUT2D eigenvalue weighted by atomic mass is 10.0. The van der Waals surface area contributed by atoms with Crippen LogP contribution in [0.15, 0.2) is 42.5 Å². The van der Waals surface area contributed by atoms with Crippen LogP contribution in [0.4, 0.5) is 14.9 Å². The van der Waals surface area contributed by atoms with Gasteiger partial charge in [-0.2, -0.15) is 0 Å². The SMILES string of the molecule is Cc1ccc(C(=O)NCCNC(=O)N2CC(C)c3ccccc32)cc1F. The van der Waals surface area contributed by atoms with Crippen LogP contribution in [0.25, 0.3) is 0 Å². The summed E-state index contributed by atoms with van der Waals surface area (Å²) in [6, 6.07) is 12.0. The molecule has 1 atom stereocenters. The molecule has 2 aromatic carbocycles. The van der Waals surface area contributed by atoms with E-state index in [0.717, 1.165) is 11.3 Å². The van der Waals surface area contributed by atoms with Crippen molar-refractivity contribution in [2.45, 2.75) is 19.8 Å². The number of carbonyl (C=O) groups excluding carboxylic acids is 2. The number of aryl methyl sites for hydroxylation is 1. The third-order valence-corrected chi connectivity index (χ3v) is 4.58. The van der Waals surface area contributed by atoms with Crippen molar-refractivity contribution in [1.29, 1.82) is 0 Å². The lowest BCUT2D eigenvalue weighted by Crippen LogP contribution is -2.42. The summed E-state index contributed by atoms with van der Waals surface area (Å²) >= 11 is 0. The van der Waals surface area contributed by atoms with E-state index in [0.29, 0.717) is 24.6 Å². The molecular formula is C20H22FN3O2. The molecule has 0 radical (unpaired) electrons. The molecule has 3 amide bonds. The molecule has 0 spiro atoms. The Morgan fingerprint density at radius 1 is 1.15 bits per heavy atom. The van der Waals surface area contributed by atoms with Crippen molar-refractivity contribution in [2.75, 3.05) is 24.5 Å². The van der Waals surface area contributed by atoms with E-state index in [1.54, 1.807) is 24.0 Å². The number of urea groups is 1. The summed E-state index contributed by atoms with van der Waals surface area (Å²) in [4.78, 5) is 26.1. The van der Waals surface area contributed by atoms with Crippen LogP contribution in [-0.2, 0) is 0 Å². The van der Waals surface area contributed by atoms with Gasteiger partial charge in [0.15, 0.2) is 0 Å². The summed E-state index contributed by atoms with van der Waals surface area (Å²) in [5, 5.41) is 5.49. The molecule has 0 saturated heterocycles. The lowest BCUT2D eigenvalue weighted by Gasteiger charge is -2.18. The van der Waals surface area contributed by atoms with Crippen molar-refractivity contribution in [3.05, 3.63) is 65.0 Å². The number of amides is 3. The van der Waals surface area contributed by atoms with Gasteiger partial charge < -0.3 is 10.6 Å². The zero-order valence-corrected chi connectivity index (χ0v) is 14.9. The minimum atomic E-state index is -0.409. The van der Waals surface area contributed by atoms with Gasteiger partial charge in [-0.15, -0.1) is 0 Å². The van der Waals surface area contributed by atoms with Gasteiger partial charge >= 0.3 is 6.03 Å². The number of para-hydroxylation sites is 1. The molecule has 1 unspecified atom stereocenters. The summed E-state index contributed by atoms with van der Waals surface area (Å²) in [6.07, 6.45) is 0. The first-order valence-electron chi connectivity index (χ1n) is 8.66. The van der Waals surface area contributed by atoms with E-state index in [9.17, 15) is 14.0 Å². The highest BCUT2D eigenvalue weighted by Crippen LogP contribution is 2.35. The number of carbonyl (C=O) groups is 2. The largest absolute Gasteiger partial charge is 0.350 e. The van der Waals surface area contributed by atoms with E-state index < -0.39 is 5.82 Å². The standard InChI is InChI=1S/C20H22FN3O2/c1-13-7-8-15(11-17(13)21)19(25)22-9-10-23-20(26)24-12-14(2)16-5-3-4-6-18(16)24/h3-8,11,14H,9-10,12H2,1-2H3,(H,22,25)(H,23,26). The Balaban J connectivity index is 1.49. The van der Waals surface area contributed by atoms with Crippen molar-refractivity contribution < 1.29 is 14.0 Å². The van der Waals surface area contributed by atoms with E-state index >= 15 is 0 Å². The monoisotopic (exact) mass is 355 g/mol. The molecule has 1 heterocycles. The van der Waals surface area contributed by atoms with Crippen molar-refractivity contribution in [3.8, 4) is 0 Å². The molecule has 136 valence electrons. The summed E-state index contributed by atoms with van der Waals surface area (Å²) in [6.45, 7) is 4.94. The Morgan fingerprint density at radius 2 is 1.88 bits per heavy atom. The smallest absolute Gasteiger partial charge is 0.321 e. The van der Waals surface area contributed by atoms with Crippen LogP contribution in [-0.4, -0.2) is 31.6 Å². The summed E-state index contributed by atoms with van der Waals surface area (Å²) < 4.78 is 13.5. The van der Waals surface area contributed by atoms with Crippen LogP contribution < -0.4 is 15.5 Å². The quantitative estimate of drug-likeness (QED) is 0.828. The molecule has 2 N–H and O–H groups in total. The number of fused-ring (bicyclic) bond motifs is 1. The van der Waals surface area contributed by atoms with Crippen LogP contribution in [0.3, 0.4) is 0 Å². The number of nitrogens with one attached hydrogen (secondary N) is 2. The normalized spacial score (nSPS) is 15.5. The minimum absolute atomic E-state index is 0.183. The maximum Gasteiger partial charge on any atom is 0.321 e. The van der Waals surface area contributed by atoms with Gasteiger partial charge in [-0.25, -0.2) is 9.18 Å². The number of hydrogen-bond acceptors (Lipinski definition) is 2. The first-order chi connectivity index (χ1) is 12.5. The molecule has 26 heavy (non-hydrogen) atoms. The van der Waals surface area contributed by atoms with E-state index in [2.05, 4.69) is 17.6 Å². The number of benzene rings is 2. The van der Waals surface area contributed by atoms with Crippen LogP contribution in [0.2, 0.25) is 0 Å². The molecule has 0 fully saturated rings. The summed E-state index contributed by atoms with van der Waals surface area (Å²) in [5.41, 5.74) is 2.85. The van der Waals surface area contributed by atoms with Gasteiger partial charge in [-0.1, -0.05) is 31.2 Å². The van der Waals surface area contributed by atoms with Gasteiger partial charge in [-0.3, -0.25) is 9.69 Å². The third-order valence-electron chi connectivity index (χ3n) is 4.58. The fraction of sp³-hybridized carbons (Fsp3) is 0.300. The molecule has 1 aliphatic rings. The fourth-order valence-corrected chi connectivity index (χ4v) is 3.09. The van der Waals surface area contributed by atoms with E-state index in [-0.39, 0.29) is 24.0 Å². The highest BCUT2D eigenvalue weighted by molar-refractivity contribution is 5.95. The molecule has 0 saturated carbocycles. The average Bonchev–Trinajstić information content (AvgIpc) is 2.98. The van der Waals surface area contributed by atoms with Crippen molar-refractivity contribution >= 4 is 17.6 Å². The number of hydrogen-bond donors (Lipinski definition) is 2. The number of nitrogens with zero attached hydrogens (tertiary/aromatic N) is 1. The lowest BCUT2D eigenvalue weighted by molar-refractivity contribution is 0.0953. The van der Waals surface area contributed by atoms with E-state index in [1.807, 2.05) is 24.3 Å². The second kappa shape index (κ2) is 7.56. The molecule has 5 nitrogen and oxygen atoms in total. The molecule has 6 heteroatoms. The Labute approximate surface area is 152 Å². The molecule has 0 aliphatic carbocycles. The maximum absolute atomic E-state index is 13.5. The topological polar surface area (TPSA) is 61.4 Å². The average molecular weight is 355 g/mol. The van der Waals surface area contributed by atoms with Crippen LogP contribution in [0.5, 0.6) is 0 Å². The zero-order chi connectivity index (χ0) is 18.7. The van der Waals surface area contributed by atoms with Crippen molar-refractivity contribution in [2.24, 2.45) is 0 Å². The second-order valence-corrected chi connectivity index (χ2v) is 6.52. The fourth-order valence-electron chi connectivity index (χ4n) is 3.09. The summed E-state index contributed by atoms with van der Waals surface area (Å²) in [5.74, 6) is -0.473. The van der Waals surface area contributed by atoms with Gasteiger partial charge in [0, 0.05) is 36.8 Å². The van der Waals surface area contributed by atoms with E-state index in [4.69, 9.17) is 0 Å². The van der Waals surface area contributed by atoms with Gasteiger partial charge in [0.2, 0.25) is 0 Å². The predicted molar refractivity (Wildman–Crippen MR) is 99.1 cm³/mol. The first-order valence-corrected chi connectivity index (χ1v) is 8.66. The van der Waals surface area contributed by atoms with Crippen LogP contribution in [0.1, 0.15) is 34.3 Å². The minimum Gasteiger partial charge on any atom is -0.350 e. The maximum atomic E-state index is 13.5. The second-order valence-electron chi connectivity index (χ2n) is 6.52. The van der Waals surface area contributed by atoms with Gasteiger partial charge in [-0.05, 0) is 36.2 Å². The number of rotatable bonds is 4. The molecular weight excluding hydrogens is 333 g/mol. The number of anilines is 1. The van der Waals surface area contributed by atoms with E-state index in [1.165, 1.54) is 6.07 Å². The molecule has 2 aromatic rings. The number of halogens is 1. The van der Waals surface area contributed by atoms with Gasteiger partial charge in [0.1, 0.15) is 5.82 Å². The first kappa shape index (κ1) is 17.9. The Hall–Kier alpha value is -2.89. The van der Waals surface area contributed by atoms with Crippen LogP contribution in [0, 0.1) is 12.7 Å². The molecule has 0 bridgehead atoms. The Bertz CT molecular complexity index is 838. The van der Waals surface area contributed by atoms with Crippen LogP contribution >= 0.6 is 0 Å². The summed E-state index contributed by atoms with van der Waals surface area (Å²) in [7, 11) is 0. The third kappa shape index (κ3) is 3.69. The predicted octanol–water partition coefficient (Wildman–Crippen LogP) is 3.20. The molecule has 1 aliphatic heterocycles. The Kier molecular flexibility index (Phi) is 5.21. The van der Waals surface area contributed by atoms with Crippen molar-refractivity contribution in [1.82, 2.24) is 10.6 Å². The molecule has 0 aromatic heterocycles. The zero-order valence-electron chi connectivity index (χ0n) is 14.9. The highest BCUT2D eigenvalue weighted by atomic mass is 19.1. The highest BCUT2D eigenvalue weighted by Gasteiger charge is 2.29.